The third-order valence-electron chi connectivity index (χ3n) is 2.73. The molecule has 18 heavy (non-hydrogen) atoms. The zero-order valence-electron chi connectivity index (χ0n) is 9.72. The Labute approximate surface area is 103 Å². The first-order valence-corrected chi connectivity index (χ1v) is 5.46. The van der Waals surface area contributed by atoms with Crippen LogP contribution in [0.4, 0.5) is 4.39 Å². The normalized spacial score (nSPS) is 12.1. The van der Waals surface area contributed by atoms with Crippen LogP contribution in [0.15, 0.2) is 36.4 Å². The average Bonchev–Trinajstić information content (AvgIpc) is 2.39. The summed E-state index contributed by atoms with van der Waals surface area (Å²) in [6.07, 6.45) is -0.490. The molecular weight excluding hydrogens is 235 g/mol. The van der Waals surface area contributed by atoms with E-state index in [-0.39, 0.29) is 12.1 Å². The predicted molar refractivity (Wildman–Crippen MR) is 64.5 cm³/mol. The lowest BCUT2D eigenvalue weighted by molar-refractivity contribution is -0.152. The van der Waals surface area contributed by atoms with E-state index < -0.39 is 12.1 Å². The van der Waals surface area contributed by atoms with Crippen LogP contribution in [0.25, 0.3) is 10.8 Å². The molecule has 0 heterocycles. The average molecular weight is 246 g/mol. The molecule has 1 unspecified atom stereocenters. The van der Waals surface area contributed by atoms with Crippen molar-refractivity contribution in [2.75, 3.05) is 0 Å². The number of hydrogen-bond donors (Lipinski definition) is 0. The second kappa shape index (κ2) is 4.96. The van der Waals surface area contributed by atoms with Crippen LogP contribution in [0.5, 0.6) is 0 Å². The summed E-state index contributed by atoms with van der Waals surface area (Å²) in [5.74, 6) is -1.26. The second-order valence-corrected chi connectivity index (χ2v) is 3.88. The molecule has 0 saturated carbocycles. The molecule has 0 aliphatic carbocycles. The van der Waals surface area contributed by atoms with Gasteiger partial charge in [-0.1, -0.05) is 30.3 Å². The lowest BCUT2D eigenvalue weighted by atomic mass is 10.0. The maximum absolute atomic E-state index is 13.6. The van der Waals surface area contributed by atoms with Gasteiger partial charge in [0.15, 0.2) is 0 Å². The van der Waals surface area contributed by atoms with E-state index in [4.69, 9.17) is 4.74 Å². The summed E-state index contributed by atoms with van der Waals surface area (Å²) in [6, 6.07) is 9.79. The molecular formula is C14H11FO3. The number of rotatable bonds is 3. The van der Waals surface area contributed by atoms with Gasteiger partial charge in [-0.15, -0.1) is 0 Å². The largest absolute Gasteiger partial charge is 0.452 e. The second-order valence-electron chi connectivity index (χ2n) is 3.88. The molecule has 4 heteroatoms. The van der Waals surface area contributed by atoms with Crippen molar-refractivity contribution in [3.8, 4) is 0 Å². The molecule has 0 aliphatic heterocycles. The van der Waals surface area contributed by atoms with E-state index in [0.717, 1.165) is 0 Å². The number of fused-ring (bicyclic) bond motifs is 1. The van der Waals surface area contributed by atoms with Crippen LogP contribution < -0.4 is 0 Å². The summed E-state index contributed by atoms with van der Waals surface area (Å²) in [5.41, 5.74) is 0.669. The van der Waals surface area contributed by atoms with Gasteiger partial charge in [0.05, 0.1) is 0 Å². The summed E-state index contributed by atoms with van der Waals surface area (Å²) in [5, 5.41) is 1.13. The Morgan fingerprint density at radius 2 is 1.89 bits per heavy atom. The fourth-order valence-corrected chi connectivity index (χ4v) is 1.91. The lowest BCUT2D eigenvalue weighted by Gasteiger charge is -2.14. The van der Waals surface area contributed by atoms with E-state index in [1.165, 1.54) is 6.07 Å². The first-order valence-electron chi connectivity index (χ1n) is 5.46. The fourth-order valence-electron chi connectivity index (χ4n) is 1.91. The molecule has 0 bridgehead atoms. The summed E-state index contributed by atoms with van der Waals surface area (Å²) in [4.78, 5) is 21.2. The summed E-state index contributed by atoms with van der Waals surface area (Å²) < 4.78 is 18.5. The van der Waals surface area contributed by atoms with Gasteiger partial charge in [0, 0.05) is 10.9 Å². The molecule has 0 aromatic heterocycles. The molecule has 2 aromatic carbocycles. The lowest BCUT2D eigenvalue weighted by Crippen LogP contribution is -2.10. The van der Waals surface area contributed by atoms with Gasteiger partial charge in [0.1, 0.15) is 11.9 Å². The van der Waals surface area contributed by atoms with Crippen LogP contribution >= 0.6 is 0 Å². The van der Waals surface area contributed by atoms with Crippen molar-refractivity contribution in [3.63, 3.8) is 0 Å². The molecule has 0 aliphatic rings. The standard InChI is InChI=1S/C14H11FO3/c1-9(18-14(17)8-16)10-6-7-13(15)12-5-3-2-4-11(10)12/h2-9H,1H3. The van der Waals surface area contributed by atoms with Crippen LogP contribution in [0.2, 0.25) is 0 Å². The number of hydrogen-bond acceptors (Lipinski definition) is 3. The molecule has 92 valence electrons. The predicted octanol–water partition coefficient (Wildman–Crippen LogP) is 2.78. The van der Waals surface area contributed by atoms with Crippen LogP contribution in [0, 0.1) is 5.82 Å². The van der Waals surface area contributed by atoms with Crippen LogP contribution in [0.1, 0.15) is 18.6 Å². The van der Waals surface area contributed by atoms with E-state index in [0.29, 0.717) is 16.3 Å². The molecule has 0 amide bonds. The number of ether oxygens (including phenoxy) is 1. The number of halogens is 1. The maximum atomic E-state index is 13.6. The van der Waals surface area contributed by atoms with E-state index >= 15 is 0 Å². The number of aldehydes is 1. The summed E-state index contributed by atoms with van der Waals surface area (Å²) in [6.45, 7) is 1.64. The van der Waals surface area contributed by atoms with Crippen molar-refractivity contribution in [1.29, 1.82) is 0 Å². The van der Waals surface area contributed by atoms with E-state index in [1.54, 1.807) is 37.3 Å². The zero-order valence-corrected chi connectivity index (χ0v) is 9.72. The Bertz CT molecular complexity index is 607. The molecule has 0 N–H and O–H groups in total. The van der Waals surface area contributed by atoms with Crippen molar-refractivity contribution in [1.82, 2.24) is 0 Å². The molecule has 3 nitrogen and oxygen atoms in total. The Morgan fingerprint density at radius 3 is 2.56 bits per heavy atom. The first kappa shape index (κ1) is 12.2. The zero-order chi connectivity index (χ0) is 13.1. The smallest absolute Gasteiger partial charge is 0.371 e. The minimum Gasteiger partial charge on any atom is -0.452 e. The van der Waals surface area contributed by atoms with Gasteiger partial charge >= 0.3 is 5.97 Å². The van der Waals surface area contributed by atoms with E-state index in [9.17, 15) is 14.0 Å². The quantitative estimate of drug-likeness (QED) is 0.475. The highest BCUT2D eigenvalue weighted by Gasteiger charge is 2.15. The third-order valence-corrected chi connectivity index (χ3v) is 2.73. The SMILES string of the molecule is CC(OC(=O)C=O)c1ccc(F)c2ccccc12. The monoisotopic (exact) mass is 246 g/mol. The van der Waals surface area contributed by atoms with Crippen LogP contribution in [-0.2, 0) is 14.3 Å². The van der Waals surface area contributed by atoms with Gasteiger partial charge in [-0.05, 0) is 18.4 Å². The van der Waals surface area contributed by atoms with E-state index in [2.05, 4.69) is 0 Å². The summed E-state index contributed by atoms with van der Waals surface area (Å²) in [7, 11) is 0. The number of carbonyl (C=O) groups excluding carboxylic acids is 2. The molecule has 2 aromatic rings. The van der Waals surface area contributed by atoms with Crippen molar-refractivity contribution < 1.29 is 18.7 Å². The van der Waals surface area contributed by atoms with Crippen molar-refractivity contribution in [3.05, 3.63) is 47.8 Å². The number of benzene rings is 2. The van der Waals surface area contributed by atoms with Gasteiger partial charge in [0.2, 0.25) is 6.29 Å². The highest BCUT2D eigenvalue weighted by Crippen LogP contribution is 2.28. The van der Waals surface area contributed by atoms with Crippen LogP contribution in [0.3, 0.4) is 0 Å². The van der Waals surface area contributed by atoms with Gasteiger partial charge < -0.3 is 4.74 Å². The topological polar surface area (TPSA) is 43.4 Å². The molecule has 2 rings (SSSR count). The molecule has 0 spiro atoms. The molecule has 0 radical (unpaired) electrons. The number of carbonyl (C=O) groups is 2. The molecule has 0 fully saturated rings. The van der Waals surface area contributed by atoms with Crippen molar-refractivity contribution in [2.24, 2.45) is 0 Å². The highest BCUT2D eigenvalue weighted by atomic mass is 19.1. The van der Waals surface area contributed by atoms with Gasteiger partial charge in [-0.3, -0.25) is 4.79 Å². The Hall–Kier alpha value is -2.23. The van der Waals surface area contributed by atoms with Crippen LogP contribution in [-0.4, -0.2) is 12.3 Å². The minimum atomic E-state index is -0.934. The Kier molecular flexibility index (Phi) is 3.37. The van der Waals surface area contributed by atoms with Crippen molar-refractivity contribution in [2.45, 2.75) is 13.0 Å². The van der Waals surface area contributed by atoms with Gasteiger partial charge in [-0.2, -0.15) is 0 Å². The molecule has 0 saturated heterocycles. The first-order chi connectivity index (χ1) is 8.63. The van der Waals surface area contributed by atoms with Crippen molar-refractivity contribution >= 4 is 23.0 Å². The fraction of sp³-hybridized carbons (Fsp3) is 0.143. The number of esters is 1. The van der Waals surface area contributed by atoms with Gasteiger partial charge in [-0.25, -0.2) is 9.18 Å². The van der Waals surface area contributed by atoms with Gasteiger partial charge in [0.25, 0.3) is 0 Å². The van der Waals surface area contributed by atoms with E-state index in [1.807, 2.05) is 0 Å². The minimum absolute atomic E-state index is 0.113. The highest BCUT2D eigenvalue weighted by molar-refractivity contribution is 6.20. The third kappa shape index (κ3) is 2.22. The molecule has 1 atom stereocenters. The Morgan fingerprint density at radius 1 is 1.22 bits per heavy atom. The Balaban J connectivity index is 2.48. The summed E-state index contributed by atoms with van der Waals surface area (Å²) >= 11 is 0. The maximum Gasteiger partial charge on any atom is 0.371 e.